The average Bonchev–Trinajstić information content (AvgIpc) is 3.10. The van der Waals surface area contributed by atoms with E-state index in [9.17, 15) is 15.0 Å². The highest BCUT2D eigenvalue weighted by Gasteiger charge is 2.46. The largest absolute Gasteiger partial charge is 0.458 e. The molecule has 3 aliphatic carbocycles. The number of allylic oxidation sites excluding steroid dienone is 4. The Morgan fingerprint density at radius 3 is 2.79 bits per heavy atom. The van der Waals surface area contributed by atoms with Crippen molar-refractivity contribution in [2.24, 2.45) is 11.3 Å². The number of carbonyl (C=O) groups is 1. The molecule has 0 aromatic heterocycles. The summed E-state index contributed by atoms with van der Waals surface area (Å²) in [5.41, 5.74) is 3.89. The van der Waals surface area contributed by atoms with E-state index in [4.69, 9.17) is 9.47 Å². The molecule has 0 unspecified atom stereocenters. The predicted molar refractivity (Wildman–Crippen MR) is 131 cm³/mol. The maximum absolute atomic E-state index is 12.2. The SMILES string of the molecule is C=C1C(=CC=C2CCC[C@]3(C)C([C@H](C)OCC(=O)OC(C)(C)CC)=CC[C@@H]23)C[C@@H](O)C[C@@H]1O. The maximum atomic E-state index is 12.2. The van der Waals surface area contributed by atoms with Crippen molar-refractivity contribution in [1.82, 2.24) is 0 Å². The molecule has 2 N–H and O–H groups in total. The number of rotatable bonds is 7. The predicted octanol–water partition coefficient (Wildman–Crippen LogP) is 5.18. The van der Waals surface area contributed by atoms with Crippen molar-refractivity contribution in [2.75, 3.05) is 6.61 Å². The van der Waals surface area contributed by atoms with Crippen molar-refractivity contribution in [1.29, 1.82) is 0 Å². The molecule has 0 radical (unpaired) electrons. The molecule has 0 spiro atoms. The summed E-state index contributed by atoms with van der Waals surface area (Å²) in [6.07, 6.45) is 11.1. The maximum Gasteiger partial charge on any atom is 0.332 e. The van der Waals surface area contributed by atoms with E-state index in [1.807, 2.05) is 27.7 Å². The van der Waals surface area contributed by atoms with Crippen LogP contribution in [0.5, 0.6) is 0 Å². The normalized spacial score (nSPS) is 33.7. The molecule has 33 heavy (non-hydrogen) atoms. The van der Waals surface area contributed by atoms with E-state index in [1.54, 1.807) is 0 Å². The molecular formula is C28H42O5. The fourth-order valence-electron chi connectivity index (χ4n) is 5.64. The topological polar surface area (TPSA) is 76.0 Å². The summed E-state index contributed by atoms with van der Waals surface area (Å²) in [6, 6.07) is 0. The number of hydrogen-bond donors (Lipinski definition) is 2. The van der Waals surface area contributed by atoms with E-state index in [0.29, 0.717) is 18.8 Å². The minimum absolute atomic E-state index is 0.0111. The van der Waals surface area contributed by atoms with Crippen LogP contribution < -0.4 is 0 Å². The molecule has 0 saturated heterocycles. The zero-order valence-corrected chi connectivity index (χ0v) is 21.0. The van der Waals surface area contributed by atoms with Crippen LogP contribution in [0.1, 0.15) is 79.6 Å². The number of hydrogen-bond acceptors (Lipinski definition) is 5. The van der Waals surface area contributed by atoms with Crippen LogP contribution in [0.15, 0.2) is 47.1 Å². The molecule has 5 heteroatoms. The van der Waals surface area contributed by atoms with Gasteiger partial charge < -0.3 is 19.7 Å². The Morgan fingerprint density at radius 2 is 2.09 bits per heavy atom. The lowest BCUT2D eigenvalue weighted by atomic mass is 9.63. The monoisotopic (exact) mass is 458 g/mol. The van der Waals surface area contributed by atoms with Crippen molar-refractivity contribution >= 4 is 5.97 Å². The molecule has 0 aromatic carbocycles. The van der Waals surface area contributed by atoms with Crippen LogP contribution in [0, 0.1) is 11.3 Å². The van der Waals surface area contributed by atoms with Crippen LogP contribution >= 0.6 is 0 Å². The Hall–Kier alpha value is -1.69. The van der Waals surface area contributed by atoms with Crippen molar-refractivity contribution in [3.8, 4) is 0 Å². The van der Waals surface area contributed by atoms with Gasteiger partial charge in [-0.05, 0) is 87.3 Å². The van der Waals surface area contributed by atoms with Crippen molar-refractivity contribution in [2.45, 2.75) is 103 Å². The van der Waals surface area contributed by atoms with Gasteiger partial charge in [-0.25, -0.2) is 4.79 Å². The van der Waals surface area contributed by atoms with Gasteiger partial charge in [-0.15, -0.1) is 0 Å². The second-order valence-corrected chi connectivity index (χ2v) is 10.8. The molecule has 0 aliphatic heterocycles. The summed E-state index contributed by atoms with van der Waals surface area (Å²) >= 11 is 0. The van der Waals surface area contributed by atoms with E-state index in [1.165, 1.54) is 11.1 Å². The van der Waals surface area contributed by atoms with E-state index in [2.05, 4.69) is 31.7 Å². The standard InChI is InChI=1S/C28H42O5/c1-7-27(4,5)33-26(31)17-32-19(3)23-12-13-24-20(9-8-14-28(23,24)6)10-11-21-15-22(29)16-25(30)18(21)2/h10-12,19,22,24-25,29-30H,2,7-9,13-17H2,1,3-6H3/t19-,22+,24-,25-,28+/m0/s1. The third-order valence-electron chi connectivity index (χ3n) is 8.01. The molecule has 3 rings (SSSR count). The number of aliphatic hydroxyl groups is 2. The Labute approximate surface area is 199 Å². The molecule has 0 amide bonds. The Kier molecular flexibility index (Phi) is 8.08. The van der Waals surface area contributed by atoms with E-state index in [0.717, 1.165) is 43.3 Å². The van der Waals surface area contributed by atoms with Gasteiger partial charge in [-0.3, -0.25) is 0 Å². The Balaban J connectivity index is 1.67. The van der Waals surface area contributed by atoms with Crippen LogP contribution in [0.25, 0.3) is 0 Å². The van der Waals surface area contributed by atoms with Crippen LogP contribution in [-0.4, -0.2) is 46.7 Å². The fraction of sp³-hybridized carbons (Fsp3) is 0.679. The van der Waals surface area contributed by atoms with E-state index >= 15 is 0 Å². The molecule has 184 valence electrons. The number of ether oxygens (including phenoxy) is 2. The summed E-state index contributed by atoms with van der Waals surface area (Å²) in [4.78, 5) is 12.2. The first-order valence-electron chi connectivity index (χ1n) is 12.5. The fourth-order valence-corrected chi connectivity index (χ4v) is 5.64. The molecule has 5 nitrogen and oxygen atoms in total. The summed E-state index contributed by atoms with van der Waals surface area (Å²) in [6.45, 7) is 14.2. The number of aliphatic hydroxyl groups excluding tert-OH is 2. The third-order valence-corrected chi connectivity index (χ3v) is 8.01. The highest BCUT2D eigenvalue weighted by atomic mass is 16.6. The van der Waals surface area contributed by atoms with Gasteiger partial charge in [0.25, 0.3) is 0 Å². The highest BCUT2D eigenvalue weighted by molar-refractivity contribution is 5.71. The minimum atomic E-state index is -0.664. The summed E-state index contributed by atoms with van der Waals surface area (Å²) in [7, 11) is 0. The van der Waals surface area contributed by atoms with Crippen LogP contribution in [0.3, 0.4) is 0 Å². The quantitative estimate of drug-likeness (QED) is 0.406. The number of esters is 1. The van der Waals surface area contributed by atoms with Crippen molar-refractivity contribution < 1.29 is 24.5 Å². The smallest absolute Gasteiger partial charge is 0.332 e. The molecule has 0 aromatic rings. The lowest BCUT2D eigenvalue weighted by Crippen LogP contribution is -2.35. The second-order valence-electron chi connectivity index (χ2n) is 10.8. The van der Waals surface area contributed by atoms with Gasteiger partial charge in [0.05, 0.1) is 18.3 Å². The average molecular weight is 459 g/mol. The first-order valence-corrected chi connectivity index (χ1v) is 12.5. The molecular weight excluding hydrogens is 416 g/mol. The molecule has 2 saturated carbocycles. The highest BCUT2D eigenvalue weighted by Crippen LogP contribution is 2.55. The van der Waals surface area contributed by atoms with Crippen molar-refractivity contribution in [3.63, 3.8) is 0 Å². The molecule has 0 heterocycles. The van der Waals surface area contributed by atoms with Gasteiger partial charge in [0.2, 0.25) is 0 Å². The van der Waals surface area contributed by atoms with Crippen LogP contribution in [0.4, 0.5) is 0 Å². The summed E-state index contributed by atoms with van der Waals surface area (Å²) in [5.74, 6) is 0.0868. The zero-order chi connectivity index (χ0) is 24.4. The summed E-state index contributed by atoms with van der Waals surface area (Å²) < 4.78 is 11.5. The Bertz CT molecular complexity index is 848. The van der Waals surface area contributed by atoms with Crippen LogP contribution in [0.2, 0.25) is 0 Å². The lowest BCUT2D eigenvalue weighted by Gasteiger charge is -2.42. The summed E-state index contributed by atoms with van der Waals surface area (Å²) in [5, 5.41) is 20.2. The Morgan fingerprint density at radius 1 is 1.36 bits per heavy atom. The molecule has 3 aliphatic rings. The first kappa shape index (κ1) is 25.9. The zero-order valence-electron chi connectivity index (χ0n) is 21.0. The van der Waals surface area contributed by atoms with Crippen LogP contribution in [-0.2, 0) is 14.3 Å². The van der Waals surface area contributed by atoms with Gasteiger partial charge in [0, 0.05) is 6.42 Å². The van der Waals surface area contributed by atoms with Gasteiger partial charge in [-0.1, -0.05) is 44.2 Å². The lowest BCUT2D eigenvalue weighted by molar-refractivity contribution is -0.163. The third kappa shape index (κ3) is 5.87. The number of fused-ring (bicyclic) bond motifs is 1. The van der Waals surface area contributed by atoms with Gasteiger partial charge in [-0.2, -0.15) is 0 Å². The van der Waals surface area contributed by atoms with Gasteiger partial charge in [0.15, 0.2) is 0 Å². The van der Waals surface area contributed by atoms with E-state index in [-0.39, 0.29) is 24.1 Å². The molecule has 5 atom stereocenters. The minimum Gasteiger partial charge on any atom is -0.458 e. The van der Waals surface area contributed by atoms with Gasteiger partial charge in [0.1, 0.15) is 12.2 Å². The van der Waals surface area contributed by atoms with Crippen molar-refractivity contribution in [3.05, 3.63) is 47.1 Å². The van der Waals surface area contributed by atoms with Gasteiger partial charge >= 0.3 is 5.97 Å². The molecule has 2 fully saturated rings. The first-order chi connectivity index (χ1) is 15.5. The number of carbonyl (C=O) groups excluding carboxylic acids is 1. The molecule has 0 bridgehead atoms. The van der Waals surface area contributed by atoms with E-state index < -0.39 is 17.8 Å². The second kappa shape index (κ2) is 10.3.